The molecule has 1 saturated heterocycles. The molecule has 2 aliphatic rings. The Bertz CT molecular complexity index is 531. The highest BCUT2D eigenvalue weighted by Crippen LogP contribution is 2.25. The van der Waals surface area contributed by atoms with E-state index in [4.69, 9.17) is 4.84 Å². The number of carbonyl (C=O) groups excluding carboxylic acids is 1. The third-order valence-electron chi connectivity index (χ3n) is 5.05. The molecule has 2 rings (SSSR count). The van der Waals surface area contributed by atoms with E-state index in [-0.39, 0.29) is 24.6 Å². The Kier molecular flexibility index (Phi) is 6.98. The van der Waals surface area contributed by atoms with Gasteiger partial charge in [0.25, 0.3) is 0 Å². The van der Waals surface area contributed by atoms with Crippen molar-refractivity contribution in [1.29, 1.82) is 0 Å². The predicted molar refractivity (Wildman–Crippen MR) is 101 cm³/mol. The van der Waals surface area contributed by atoms with Gasteiger partial charge in [0.05, 0.1) is 18.2 Å². The van der Waals surface area contributed by atoms with E-state index >= 15 is 0 Å². The van der Waals surface area contributed by atoms with Crippen LogP contribution in [0.3, 0.4) is 0 Å². The molecule has 0 aromatic rings. The average molecular weight is 389 g/mol. The van der Waals surface area contributed by atoms with Crippen LogP contribution in [0.2, 0.25) is 0 Å². The molecule has 0 aromatic heterocycles. The van der Waals surface area contributed by atoms with Crippen molar-refractivity contribution >= 4 is 17.3 Å². The van der Waals surface area contributed by atoms with Crippen molar-refractivity contribution in [2.45, 2.75) is 58.2 Å². The lowest BCUT2D eigenvalue weighted by molar-refractivity contribution is -0.127. The van der Waals surface area contributed by atoms with Gasteiger partial charge < -0.3 is 19.8 Å². The summed E-state index contributed by atoms with van der Waals surface area (Å²) in [5.74, 6) is 0.169. The molecule has 0 aliphatic carbocycles. The van der Waals surface area contributed by atoms with Gasteiger partial charge in [0.2, 0.25) is 11.8 Å². The summed E-state index contributed by atoms with van der Waals surface area (Å²) in [6.07, 6.45) is 5.17. The molecule has 8 nitrogen and oxygen atoms in total. The lowest BCUT2D eigenvalue weighted by atomic mass is 9.86. The Morgan fingerprint density at radius 2 is 2.04 bits per heavy atom. The standard InChI is InChI=1S/C17H32N4O4S/c1-16(2,11-22)13-10-14(25-20-13)18-15(23)17(3,4)19-12-6-8-21(9-7-12)26(5)24/h10,12-13,19-20,22H,6-9,11H2,1-5H3,(H,18,23). The van der Waals surface area contributed by atoms with Gasteiger partial charge in [-0.1, -0.05) is 13.8 Å². The summed E-state index contributed by atoms with van der Waals surface area (Å²) in [4.78, 5) is 18.0. The van der Waals surface area contributed by atoms with Crippen LogP contribution in [0.4, 0.5) is 0 Å². The SMILES string of the molecule is C[S+]([O-])N1CCC(NC(C)(C)C(=O)NC2=CC(C(C)(C)CO)NO2)CC1. The first-order valence-electron chi connectivity index (χ1n) is 8.98. The molecule has 1 fully saturated rings. The number of piperidine rings is 1. The summed E-state index contributed by atoms with van der Waals surface area (Å²) in [5.41, 5.74) is 1.66. The van der Waals surface area contributed by atoms with Gasteiger partial charge in [-0.2, -0.15) is 0 Å². The number of nitrogens with one attached hydrogen (secondary N) is 3. The summed E-state index contributed by atoms with van der Waals surface area (Å²) in [5, 5.41) is 15.6. The van der Waals surface area contributed by atoms with Gasteiger partial charge in [0.15, 0.2) is 0 Å². The second-order valence-electron chi connectivity index (χ2n) is 8.23. The minimum atomic E-state index is -0.937. The van der Waals surface area contributed by atoms with Crippen LogP contribution in [0.15, 0.2) is 12.0 Å². The second-order valence-corrected chi connectivity index (χ2v) is 9.59. The molecule has 2 aliphatic heterocycles. The Morgan fingerprint density at radius 1 is 1.42 bits per heavy atom. The summed E-state index contributed by atoms with van der Waals surface area (Å²) in [6.45, 7) is 9.02. The van der Waals surface area contributed by atoms with Crippen LogP contribution in [0.1, 0.15) is 40.5 Å². The molecular formula is C17H32N4O4S. The highest BCUT2D eigenvalue weighted by molar-refractivity contribution is 7.88. The first-order chi connectivity index (χ1) is 12.0. The molecule has 0 bridgehead atoms. The number of hydroxylamine groups is 1. The van der Waals surface area contributed by atoms with E-state index in [1.165, 1.54) is 0 Å². The Balaban J connectivity index is 1.87. The molecule has 0 saturated carbocycles. The molecular weight excluding hydrogens is 356 g/mol. The third kappa shape index (κ3) is 5.34. The van der Waals surface area contributed by atoms with Gasteiger partial charge in [-0.25, -0.2) is 0 Å². The number of rotatable bonds is 7. The van der Waals surface area contributed by atoms with E-state index in [9.17, 15) is 14.5 Å². The van der Waals surface area contributed by atoms with Gasteiger partial charge in [-0.15, -0.1) is 9.79 Å². The maximum Gasteiger partial charge on any atom is 0.246 e. The summed E-state index contributed by atoms with van der Waals surface area (Å²) < 4.78 is 13.5. The number of hydrogen-bond acceptors (Lipinski definition) is 7. The molecule has 0 aromatic carbocycles. The highest BCUT2D eigenvalue weighted by Gasteiger charge is 2.36. The quantitative estimate of drug-likeness (QED) is 0.454. The van der Waals surface area contributed by atoms with Gasteiger partial charge in [-0.3, -0.25) is 10.1 Å². The zero-order valence-corrected chi connectivity index (χ0v) is 17.1. The molecule has 0 radical (unpaired) electrons. The van der Waals surface area contributed by atoms with Gasteiger partial charge in [0.1, 0.15) is 6.26 Å². The monoisotopic (exact) mass is 388 g/mol. The minimum absolute atomic E-state index is 0.0000476. The molecule has 1 amide bonds. The maximum absolute atomic E-state index is 12.7. The molecule has 2 atom stereocenters. The van der Waals surface area contributed by atoms with Crippen LogP contribution in [0.5, 0.6) is 0 Å². The van der Waals surface area contributed by atoms with Crippen LogP contribution in [-0.4, -0.2) is 63.4 Å². The van der Waals surface area contributed by atoms with Crippen molar-refractivity contribution < 1.29 is 19.3 Å². The molecule has 26 heavy (non-hydrogen) atoms. The average Bonchev–Trinajstić information content (AvgIpc) is 3.04. The van der Waals surface area contributed by atoms with Gasteiger partial charge in [0, 0.05) is 35.9 Å². The maximum atomic E-state index is 12.7. The Labute approximate surface area is 159 Å². The van der Waals surface area contributed by atoms with E-state index in [2.05, 4.69) is 16.1 Å². The highest BCUT2D eigenvalue weighted by atomic mass is 32.2. The zero-order valence-electron chi connectivity index (χ0n) is 16.3. The van der Waals surface area contributed by atoms with Gasteiger partial charge >= 0.3 is 0 Å². The minimum Gasteiger partial charge on any atom is -0.598 e. The number of amides is 1. The summed E-state index contributed by atoms with van der Waals surface area (Å²) in [6, 6.07) is 0.0198. The van der Waals surface area contributed by atoms with Crippen molar-refractivity contribution in [2.24, 2.45) is 5.41 Å². The number of carbonyl (C=O) groups is 1. The molecule has 2 heterocycles. The van der Waals surface area contributed by atoms with Crippen molar-refractivity contribution in [3.05, 3.63) is 12.0 Å². The van der Waals surface area contributed by atoms with Crippen LogP contribution in [-0.2, 0) is 21.0 Å². The van der Waals surface area contributed by atoms with E-state index in [1.54, 1.807) is 12.3 Å². The molecule has 9 heteroatoms. The first kappa shape index (κ1) is 21.5. The van der Waals surface area contributed by atoms with Crippen LogP contribution >= 0.6 is 0 Å². The molecule has 150 valence electrons. The fourth-order valence-electron chi connectivity index (χ4n) is 3.00. The van der Waals surface area contributed by atoms with E-state index in [0.29, 0.717) is 5.88 Å². The first-order valence-corrected chi connectivity index (χ1v) is 10.5. The van der Waals surface area contributed by atoms with Crippen molar-refractivity contribution in [1.82, 2.24) is 20.4 Å². The molecule has 2 unspecified atom stereocenters. The third-order valence-corrected chi connectivity index (χ3v) is 6.14. The van der Waals surface area contributed by atoms with Gasteiger partial charge in [-0.05, 0) is 32.8 Å². The lowest BCUT2D eigenvalue weighted by Crippen LogP contribution is -2.58. The van der Waals surface area contributed by atoms with Crippen LogP contribution < -0.4 is 16.1 Å². The topological polar surface area (TPSA) is 109 Å². The molecule has 4 N–H and O–H groups in total. The fraction of sp³-hybridized carbons (Fsp3) is 0.824. The summed E-state index contributed by atoms with van der Waals surface area (Å²) >= 11 is -0.937. The van der Waals surface area contributed by atoms with E-state index in [0.717, 1.165) is 25.9 Å². The largest absolute Gasteiger partial charge is 0.598 e. The number of hydrogen-bond donors (Lipinski definition) is 4. The lowest BCUT2D eigenvalue weighted by Gasteiger charge is -2.35. The van der Waals surface area contributed by atoms with Crippen molar-refractivity contribution in [3.63, 3.8) is 0 Å². The number of aliphatic hydroxyl groups is 1. The number of nitrogens with zero attached hydrogens (tertiary/aromatic N) is 1. The molecule has 0 spiro atoms. The smallest absolute Gasteiger partial charge is 0.246 e. The van der Waals surface area contributed by atoms with Crippen molar-refractivity contribution in [3.8, 4) is 0 Å². The number of aliphatic hydroxyl groups excluding tert-OH is 1. The normalized spacial score (nSPS) is 24.1. The van der Waals surface area contributed by atoms with Crippen molar-refractivity contribution in [2.75, 3.05) is 26.0 Å². The second kappa shape index (κ2) is 8.45. The fourth-order valence-corrected chi connectivity index (χ4v) is 3.72. The Hall–Kier alpha value is -0.840. The predicted octanol–water partition coefficient (Wildman–Crippen LogP) is -0.00800. The van der Waals surface area contributed by atoms with Crippen LogP contribution in [0, 0.1) is 5.41 Å². The summed E-state index contributed by atoms with van der Waals surface area (Å²) in [7, 11) is 0. The van der Waals surface area contributed by atoms with E-state index < -0.39 is 22.3 Å². The Morgan fingerprint density at radius 3 is 2.58 bits per heavy atom. The van der Waals surface area contributed by atoms with E-state index in [1.807, 2.05) is 32.0 Å². The van der Waals surface area contributed by atoms with Crippen LogP contribution in [0.25, 0.3) is 0 Å². The zero-order chi connectivity index (χ0) is 19.5.